The number of hydrogen-bond acceptors (Lipinski definition) is 6. The van der Waals surface area contributed by atoms with E-state index in [0.717, 1.165) is 0 Å². The molecule has 1 amide bonds. The number of benzene rings is 1. The molecule has 0 radical (unpaired) electrons. The number of non-ortho nitro benzene ring substituents is 1. The maximum atomic E-state index is 12.1. The highest BCUT2D eigenvalue weighted by molar-refractivity contribution is 9.10. The lowest BCUT2D eigenvalue weighted by atomic mass is 10.2. The van der Waals surface area contributed by atoms with Crippen molar-refractivity contribution in [3.05, 3.63) is 50.9 Å². The molecule has 1 aromatic heterocycles. The van der Waals surface area contributed by atoms with Crippen LogP contribution in [0.5, 0.6) is 0 Å². The van der Waals surface area contributed by atoms with Crippen LogP contribution in [0.4, 0.5) is 17.2 Å². The first kappa shape index (κ1) is 14.9. The van der Waals surface area contributed by atoms with Crippen LogP contribution in [0.3, 0.4) is 0 Å². The van der Waals surface area contributed by atoms with Crippen molar-refractivity contribution in [1.82, 2.24) is 9.97 Å². The molecule has 0 fully saturated rings. The fourth-order valence-electron chi connectivity index (χ4n) is 1.50. The predicted octanol–water partition coefficient (Wildman–Crippen LogP) is 2.44. The molecule has 0 aliphatic rings. The minimum atomic E-state index is -0.538. The molecule has 0 spiro atoms. The summed E-state index contributed by atoms with van der Waals surface area (Å²) in [4.78, 5) is 30.2. The number of nitrogens with one attached hydrogen (secondary N) is 2. The number of amides is 1. The van der Waals surface area contributed by atoms with Crippen LogP contribution in [0.2, 0.25) is 0 Å². The SMILES string of the molecule is CNc1cncc(C(=O)Nc2cc([N+](=O)[O-])ccc2Br)n1. The van der Waals surface area contributed by atoms with Gasteiger partial charge in [0.15, 0.2) is 0 Å². The number of rotatable bonds is 4. The minimum absolute atomic E-state index is 0.0975. The standard InChI is InChI=1S/C12H10BrN5O3/c1-14-11-6-15-5-10(16-11)12(19)17-9-4-7(18(20)21)2-3-8(9)13/h2-6H,1H3,(H,14,16)(H,17,19). The molecule has 21 heavy (non-hydrogen) atoms. The van der Waals surface area contributed by atoms with Crippen LogP contribution in [0.15, 0.2) is 35.1 Å². The zero-order valence-corrected chi connectivity index (χ0v) is 12.4. The second-order valence-electron chi connectivity index (χ2n) is 3.91. The lowest BCUT2D eigenvalue weighted by Gasteiger charge is -2.07. The van der Waals surface area contributed by atoms with Gasteiger partial charge in [-0.05, 0) is 22.0 Å². The van der Waals surface area contributed by atoms with Gasteiger partial charge in [-0.2, -0.15) is 0 Å². The molecule has 2 rings (SSSR count). The maximum absolute atomic E-state index is 12.1. The van der Waals surface area contributed by atoms with Gasteiger partial charge >= 0.3 is 0 Å². The van der Waals surface area contributed by atoms with E-state index in [-0.39, 0.29) is 17.1 Å². The van der Waals surface area contributed by atoms with Crippen LogP contribution in [-0.2, 0) is 0 Å². The van der Waals surface area contributed by atoms with Crippen LogP contribution in [0.25, 0.3) is 0 Å². The molecule has 0 saturated heterocycles. The van der Waals surface area contributed by atoms with E-state index < -0.39 is 10.8 Å². The van der Waals surface area contributed by atoms with E-state index in [1.807, 2.05) is 0 Å². The Balaban J connectivity index is 2.26. The van der Waals surface area contributed by atoms with E-state index in [0.29, 0.717) is 10.3 Å². The number of carbonyl (C=O) groups is 1. The van der Waals surface area contributed by atoms with Gasteiger partial charge in [-0.1, -0.05) is 0 Å². The highest BCUT2D eigenvalue weighted by Crippen LogP contribution is 2.27. The Morgan fingerprint density at radius 1 is 1.38 bits per heavy atom. The molecule has 0 unspecified atom stereocenters. The van der Waals surface area contributed by atoms with Crippen molar-refractivity contribution in [3.63, 3.8) is 0 Å². The summed E-state index contributed by atoms with van der Waals surface area (Å²) in [6, 6.07) is 4.09. The highest BCUT2D eigenvalue weighted by atomic mass is 79.9. The summed E-state index contributed by atoms with van der Waals surface area (Å²) in [5.74, 6) is -0.0680. The number of anilines is 2. The third-order valence-corrected chi connectivity index (χ3v) is 3.22. The summed E-state index contributed by atoms with van der Waals surface area (Å²) in [6.45, 7) is 0. The second-order valence-corrected chi connectivity index (χ2v) is 4.77. The van der Waals surface area contributed by atoms with E-state index in [4.69, 9.17) is 0 Å². The normalized spacial score (nSPS) is 10.0. The molecule has 9 heteroatoms. The number of nitro groups is 1. The molecule has 0 saturated carbocycles. The molecule has 0 bridgehead atoms. The Morgan fingerprint density at radius 2 is 2.14 bits per heavy atom. The largest absolute Gasteiger partial charge is 0.372 e. The van der Waals surface area contributed by atoms with Gasteiger partial charge < -0.3 is 10.6 Å². The average Bonchev–Trinajstić information content (AvgIpc) is 2.49. The maximum Gasteiger partial charge on any atom is 0.275 e. The second kappa shape index (κ2) is 6.27. The van der Waals surface area contributed by atoms with Crippen molar-refractivity contribution in [2.24, 2.45) is 0 Å². The van der Waals surface area contributed by atoms with Gasteiger partial charge in [-0.3, -0.25) is 19.9 Å². The summed E-state index contributed by atoms with van der Waals surface area (Å²) >= 11 is 3.22. The third-order valence-electron chi connectivity index (χ3n) is 2.53. The van der Waals surface area contributed by atoms with Gasteiger partial charge in [0.05, 0.1) is 23.0 Å². The third kappa shape index (κ3) is 3.51. The van der Waals surface area contributed by atoms with Crippen molar-refractivity contribution < 1.29 is 9.72 Å². The van der Waals surface area contributed by atoms with Gasteiger partial charge in [0, 0.05) is 23.7 Å². The van der Waals surface area contributed by atoms with Crippen LogP contribution in [0, 0.1) is 10.1 Å². The predicted molar refractivity (Wildman–Crippen MR) is 80.3 cm³/mol. The first-order valence-corrected chi connectivity index (χ1v) is 6.55. The molecule has 8 nitrogen and oxygen atoms in total. The first-order valence-electron chi connectivity index (χ1n) is 5.76. The fraction of sp³-hybridized carbons (Fsp3) is 0.0833. The summed E-state index contributed by atoms with van der Waals surface area (Å²) in [6.07, 6.45) is 2.78. The Kier molecular flexibility index (Phi) is 4.43. The van der Waals surface area contributed by atoms with Gasteiger partial charge in [0.1, 0.15) is 11.5 Å². The Bertz CT molecular complexity index is 707. The number of halogens is 1. The number of aromatic nitrogens is 2. The number of nitro benzene ring substituents is 1. The zero-order valence-electron chi connectivity index (χ0n) is 10.8. The summed E-state index contributed by atoms with van der Waals surface area (Å²) in [7, 11) is 1.66. The van der Waals surface area contributed by atoms with Gasteiger partial charge in [-0.25, -0.2) is 4.98 Å². The van der Waals surface area contributed by atoms with Gasteiger partial charge in [0.25, 0.3) is 11.6 Å². The smallest absolute Gasteiger partial charge is 0.275 e. The van der Waals surface area contributed by atoms with E-state index >= 15 is 0 Å². The molecule has 1 aromatic carbocycles. The quantitative estimate of drug-likeness (QED) is 0.646. The topological polar surface area (TPSA) is 110 Å². The molecule has 1 heterocycles. The Hall–Kier alpha value is -2.55. The summed E-state index contributed by atoms with van der Waals surface area (Å²) < 4.78 is 0.527. The summed E-state index contributed by atoms with van der Waals surface area (Å²) in [5, 5.41) is 16.1. The Labute approximate surface area is 127 Å². The fourth-order valence-corrected chi connectivity index (χ4v) is 1.85. The van der Waals surface area contributed by atoms with Crippen molar-refractivity contribution in [1.29, 1.82) is 0 Å². The average molecular weight is 352 g/mol. The van der Waals surface area contributed by atoms with E-state index in [2.05, 4.69) is 36.5 Å². The van der Waals surface area contributed by atoms with Crippen molar-refractivity contribution in [3.8, 4) is 0 Å². The van der Waals surface area contributed by atoms with Crippen molar-refractivity contribution in [2.75, 3.05) is 17.7 Å². The van der Waals surface area contributed by atoms with Gasteiger partial charge in [-0.15, -0.1) is 0 Å². The molecule has 0 aliphatic heterocycles. The molecule has 2 aromatic rings. The monoisotopic (exact) mass is 351 g/mol. The lowest BCUT2D eigenvalue weighted by Crippen LogP contribution is -2.15. The molecule has 0 atom stereocenters. The lowest BCUT2D eigenvalue weighted by molar-refractivity contribution is -0.384. The molecular weight excluding hydrogens is 342 g/mol. The van der Waals surface area contributed by atoms with E-state index in [9.17, 15) is 14.9 Å². The van der Waals surface area contributed by atoms with Gasteiger partial charge in [0.2, 0.25) is 0 Å². The van der Waals surface area contributed by atoms with Crippen LogP contribution >= 0.6 is 15.9 Å². The van der Waals surface area contributed by atoms with Crippen LogP contribution in [0.1, 0.15) is 10.5 Å². The zero-order chi connectivity index (χ0) is 15.4. The Morgan fingerprint density at radius 3 is 2.81 bits per heavy atom. The molecule has 0 aliphatic carbocycles. The number of hydrogen-bond donors (Lipinski definition) is 2. The van der Waals surface area contributed by atoms with E-state index in [1.165, 1.54) is 30.6 Å². The summed E-state index contributed by atoms with van der Waals surface area (Å²) in [5.41, 5.74) is 0.259. The van der Waals surface area contributed by atoms with Crippen molar-refractivity contribution >= 4 is 39.0 Å². The van der Waals surface area contributed by atoms with Crippen LogP contribution < -0.4 is 10.6 Å². The molecule has 108 valence electrons. The first-order chi connectivity index (χ1) is 10.0. The highest BCUT2D eigenvalue weighted by Gasteiger charge is 2.14. The van der Waals surface area contributed by atoms with Crippen molar-refractivity contribution in [2.45, 2.75) is 0 Å². The molecular formula is C12H10BrN5O3. The number of nitrogens with zero attached hydrogens (tertiary/aromatic N) is 3. The van der Waals surface area contributed by atoms with Crippen LogP contribution in [-0.4, -0.2) is 27.8 Å². The number of carbonyl (C=O) groups excluding carboxylic acids is 1. The van der Waals surface area contributed by atoms with E-state index in [1.54, 1.807) is 7.05 Å². The molecule has 2 N–H and O–H groups in total. The minimum Gasteiger partial charge on any atom is -0.372 e.